The van der Waals surface area contributed by atoms with Crippen molar-refractivity contribution in [3.63, 3.8) is 0 Å². The lowest BCUT2D eigenvalue weighted by atomic mass is 9.84. The lowest BCUT2D eigenvalue weighted by Crippen LogP contribution is -2.42. The summed E-state index contributed by atoms with van der Waals surface area (Å²) in [6.45, 7) is 5.25. The van der Waals surface area contributed by atoms with Gasteiger partial charge in [-0.2, -0.15) is 0 Å². The molecule has 3 aromatic rings. The highest BCUT2D eigenvalue weighted by Gasteiger charge is 2.34. The maximum absolute atomic E-state index is 13.4. The number of benzene rings is 3. The molecule has 2 heterocycles. The summed E-state index contributed by atoms with van der Waals surface area (Å²) in [4.78, 5) is 17.6. The van der Waals surface area contributed by atoms with Crippen molar-refractivity contribution in [3.05, 3.63) is 106 Å². The van der Waals surface area contributed by atoms with Gasteiger partial charge in [-0.25, -0.2) is 0 Å². The number of amides is 1. The molecule has 4 nitrogen and oxygen atoms in total. The Balaban J connectivity index is 1.35. The normalized spacial score (nSPS) is 18.8. The second-order valence-corrected chi connectivity index (χ2v) is 9.84. The summed E-state index contributed by atoms with van der Waals surface area (Å²) in [6.07, 6.45) is 4.56. The van der Waals surface area contributed by atoms with E-state index in [1.54, 1.807) is 0 Å². The number of nitrogens with zero attached hydrogens (tertiary/aromatic N) is 2. The smallest absolute Gasteiger partial charge is 0.258 e. The van der Waals surface area contributed by atoms with E-state index in [0.717, 1.165) is 59.6 Å². The van der Waals surface area contributed by atoms with Crippen LogP contribution in [0.15, 0.2) is 78.9 Å². The molecule has 0 aromatic heterocycles. The summed E-state index contributed by atoms with van der Waals surface area (Å²) < 4.78 is 0. The summed E-state index contributed by atoms with van der Waals surface area (Å²) in [5, 5.41) is 11.9. The number of aliphatic hydroxyl groups is 1. The first kappa shape index (κ1) is 23.8. The Morgan fingerprint density at radius 2 is 1.54 bits per heavy atom. The highest BCUT2D eigenvalue weighted by Crippen LogP contribution is 2.38. The molecule has 1 N–H and O–H groups in total. The van der Waals surface area contributed by atoms with E-state index >= 15 is 0 Å². The number of halogens is 1. The predicted octanol–water partition coefficient (Wildman–Crippen LogP) is 6.13. The van der Waals surface area contributed by atoms with Crippen LogP contribution < -0.4 is 4.90 Å². The zero-order valence-electron chi connectivity index (χ0n) is 20.1. The minimum absolute atomic E-state index is 0.0523. The van der Waals surface area contributed by atoms with Crippen molar-refractivity contribution in [3.8, 4) is 0 Å². The van der Waals surface area contributed by atoms with Crippen LogP contribution in [0.4, 0.5) is 5.69 Å². The zero-order chi connectivity index (χ0) is 24.4. The summed E-state index contributed by atoms with van der Waals surface area (Å²) in [6, 6.07) is 23.7. The van der Waals surface area contributed by atoms with Gasteiger partial charge in [0.25, 0.3) is 5.91 Å². The van der Waals surface area contributed by atoms with Crippen LogP contribution in [-0.4, -0.2) is 42.1 Å². The van der Waals surface area contributed by atoms with Crippen LogP contribution in [0, 0.1) is 0 Å². The number of fused-ring (bicyclic) bond motifs is 2. The van der Waals surface area contributed by atoms with Crippen molar-refractivity contribution in [1.82, 2.24) is 4.90 Å². The molecule has 0 atom stereocenters. The molecule has 0 unspecified atom stereocenters. The van der Waals surface area contributed by atoms with Gasteiger partial charge in [0, 0.05) is 42.3 Å². The Hall–Kier alpha value is -2.92. The highest BCUT2D eigenvalue weighted by molar-refractivity contribution is 6.30. The molecule has 3 aromatic carbocycles. The lowest BCUT2D eigenvalue weighted by Gasteiger charge is -2.38. The van der Waals surface area contributed by atoms with E-state index in [1.807, 2.05) is 72.5 Å². The molecule has 0 spiro atoms. The third-order valence-electron chi connectivity index (χ3n) is 7.35. The Morgan fingerprint density at radius 1 is 0.914 bits per heavy atom. The third kappa shape index (κ3) is 4.66. The van der Waals surface area contributed by atoms with Gasteiger partial charge >= 0.3 is 0 Å². The molecular formula is C30H31ClN2O2. The molecule has 0 bridgehead atoms. The average Bonchev–Trinajstić information content (AvgIpc) is 2.98. The summed E-state index contributed by atoms with van der Waals surface area (Å²) >= 11 is 6.02. The molecule has 5 rings (SSSR count). The van der Waals surface area contributed by atoms with Crippen molar-refractivity contribution in [2.75, 3.05) is 31.1 Å². The van der Waals surface area contributed by atoms with E-state index in [2.05, 4.69) is 23.1 Å². The van der Waals surface area contributed by atoms with Crippen LogP contribution in [0.1, 0.15) is 53.2 Å². The van der Waals surface area contributed by atoms with E-state index in [9.17, 15) is 9.90 Å². The zero-order valence-corrected chi connectivity index (χ0v) is 20.8. The van der Waals surface area contributed by atoms with Crippen LogP contribution in [0.25, 0.3) is 5.57 Å². The molecule has 2 aliphatic rings. The first-order valence-corrected chi connectivity index (χ1v) is 12.8. The number of rotatable bonds is 5. The number of piperidine rings is 1. The number of anilines is 1. The standard InChI is InChI=1S/C30H31ClN2O2/c1-2-33-28-12-6-5-9-26(28)24(25-8-3-4-10-27(25)29(33)34)11-7-19-32-20-17-30(35,18-21-32)22-13-15-23(31)16-14-22/h3-6,8-16,35H,2,7,17-21H2,1H3/b24-11+. The number of likely N-dealkylation sites (tertiary alicyclic amines) is 1. The predicted molar refractivity (Wildman–Crippen MR) is 143 cm³/mol. The van der Waals surface area contributed by atoms with Gasteiger partial charge in [-0.3, -0.25) is 4.79 Å². The molecule has 1 fully saturated rings. The van der Waals surface area contributed by atoms with Crippen molar-refractivity contribution >= 4 is 28.8 Å². The van der Waals surface area contributed by atoms with E-state index in [-0.39, 0.29) is 5.91 Å². The molecule has 1 amide bonds. The third-order valence-corrected chi connectivity index (χ3v) is 7.60. The van der Waals surface area contributed by atoms with Crippen LogP contribution >= 0.6 is 11.6 Å². The quantitative estimate of drug-likeness (QED) is 0.472. The molecule has 35 heavy (non-hydrogen) atoms. The van der Waals surface area contributed by atoms with Crippen LogP contribution in [-0.2, 0) is 5.60 Å². The van der Waals surface area contributed by atoms with Gasteiger partial charge < -0.3 is 14.9 Å². The second-order valence-electron chi connectivity index (χ2n) is 9.40. The van der Waals surface area contributed by atoms with Crippen molar-refractivity contribution < 1.29 is 9.90 Å². The fourth-order valence-electron chi connectivity index (χ4n) is 5.36. The fraction of sp³-hybridized carbons (Fsp3) is 0.300. The maximum Gasteiger partial charge on any atom is 0.258 e. The first-order valence-electron chi connectivity index (χ1n) is 12.4. The summed E-state index contributed by atoms with van der Waals surface area (Å²) in [7, 11) is 0. The number of para-hydroxylation sites is 1. The topological polar surface area (TPSA) is 43.8 Å². The molecule has 1 saturated heterocycles. The Labute approximate surface area is 212 Å². The van der Waals surface area contributed by atoms with E-state index < -0.39 is 5.60 Å². The van der Waals surface area contributed by atoms with Crippen LogP contribution in [0.2, 0.25) is 5.02 Å². The van der Waals surface area contributed by atoms with Crippen LogP contribution in [0.3, 0.4) is 0 Å². The van der Waals surface area contributed by atoms with E-state index in [4.69, 9.17) is 11.6 Å². The average molecular weight is 487 g/mol. The van der Waals surface area contributed by atoms with Gasteiger partial charge in [0.2, 0.25) is 0 Å². The van der Waals surface area contributed by atoms with Crippen molar-refractivity contribution in [1.29, 1.82) is 0 Å². The fourth-order valence-corrected chi connectivity index (χ4v) is 5.49. The number of hydrogen-bond donors (Lipinski definition) is 1. The minimum atomic E-state index is -0.789. The Morgan fingerprint density at radius 3 is 2.23 bits per heavy atom. The first-order chi connectivity index (χ1) is 17.0. The molecule has 0 radical (unpaired) electrons. The SMILES string of the molecule is CCN1C(=O)c2ccccc2/C(=C\CCN2CCC(O)(c3ccc(Cl)cc3)CC2)c2ccccc21. The van der Waals surface area contributed by atoms with Gasteiger partial charge in [-0.15, -0.1) is 0 Å². The highest BCUT2D eigenvalue weighted by atomic mass is 35.5. The van der Waals surface area contributed by atoms with Crippen molar-refractivity contribution in [2.45, 2.75) is 31.8 Å². The largest absolute Gasteiger partial charge is 0.385 e. The van der Waals surface area contributed by atoms with Gasteiger partial charge in [0.05, 0.1) is 11.3 Å². The van der Waals surface area contributed by atoms with E-state index in [1.165, 1.54) is 0 Å². The molecule has 0 saturated carbocycles. The minimum Gasteiger partial charge on any atom is -0.385 e. The maximum atomic E-state index is 13.4. The second kappa shape index (κ2) is 9.98. The van der Waals surface area contributed by atoms with Gasteiger partial charge in [0.1, 0.15) is 0 Å². The summed E-state index contributed by atoms with van der Waals surface area (Å²) in [5.41, 5.74) is 5.09. The van der Waals surface area contributed by atoms with Crippen LogP contribution in [0.5, 0.6) is 0 Å². The van der Waals surface area contributed by atoms with Gasteiger partial charge in [-0.05, 0) is 67.2 Å². The molecular weight excluding hydrogens is 456 g/mol. The number of carbonyl (C=O) groups excluding carboxylic acids is 1. The van der Waals surface area contributed by atoms with Gasteiger partial charge in [-0.1, -0.05) is 66.2 Å². The number of hydrogen-bond acceptors (Lipinski definition) is 3. The van der Waals surface area contributed by atoms with Gasteiger partial charge in [0.15, 0.2) is 0 Å². The molecule has 0 aliphatic carbocycles. The Bertz CT molecular complexity index is 1240. The molecule has 5 heteroatoms. The molecule has 180 valence electrons. The Kier molecular flexibility index (Phi) is 6.79. The molecule has 2 aliphatic heterocycles. The van der Waals surface area contributed by atoms with E-state index in [0.29, 0.717) is 24.4 Å². The monoisotopic (exact) mass is 486 g/mol. The summed E-state index contributed by atoms with van der Waals surface area (Å²) in [5.74, 6) is 0.0523. The van der Waals surface area contributed by atoms with Crippen molar-refractivity contribution in [2.24, 2.45) is 0 Å². The number of carbonyl (C=O) groups is 1. The lowest BCUT2D eigenvalue weighted by molar-refractivity contribution is -0.0254.